The first-order valence-electron chi connectivity index (χ1n) is 7.41. The molecule has 0 radical (unpaired) electrons. The van der Waals surface area contributed by atoms with Gasteiger partial charge in [0.25, 0.3) is 5.91 Å². The maximum atomic E-state index is 12.3. The zero-order valence-electron chi connectivity index (χ0n) is 14.5. The predicted molar refractivity (Wildman–Crippen MR) is 94.2 cm³/mol. The Morgan fingerprint density at radius 2 is 1.52 bits per heavy atom. The fourth-order valence-corrected chi connectivity index (χ4v) is 2.21. The molecule has 7 heteroatoms. The van der Waals surface area contributed by atoms with Crippen LogP contribution in [0, 0.1) is 0 Å². The first kappa shape index (κ1) is 18.1. The molecule has 132 valence electrons. The molecule has 25 heavy (non-hydrogen) atoms. The lowest BCUT2D eigenvalue weighted by atomic mass is 10.1. The molecule has 0 aliphatic rings. The molecule has 1 N–H and O–H groups in total. The first-order valence-corrected chi connectivity index (χ1v) is 7.41. The highest BCUT2D eigenvalue weighted by molar-refractivity contribution is 5.96. The van der Waals surface area contributed by atoms with Crippen LogP contribution in [0.4, 0.5) is 0 Å². The fourth-order valence-electron chi connectivity index (χ4n) is 2.21. The summed E-state index contributed by atoms with van der Waals surface area (Å²) in [5, 5.41) is 3.96. The van der Waals surface area contributed by atoms with Crippen LogP contribution in [0.15, 0.2) is 41.5 Å². The van der Waals surface area contributed by atoms with Gasteiger partial charge in [-0.05, 0) is 24.3 Å². The summed E-state index contributed by atoms with van der Waals surface area (Å²) in [5.41, 5.74) is 3.53. The summed E-state index contributed by atoms with van der Waals surface area (Å²) in [7, 11) is 6.04. The molecule has 0 aromatic heterocycles. The summed E-state index contributed by atoms with van der Waals surface area (Å²) < 4.78 is 20.9. The van der Waals surface area contributed by atoms with Crippen molar-refractivity contribution in [3.8, 4) is 23.0 Å². The number of carbonyl (C=O) groups is 1. The smallest absolute Gasteiger partial charge is 0.271 e. The Morgan fingerprint density at radius 1 is 0.920 bits per heavy atom. The van der Waals surface area contributed by atoms with Crippen molar-refractivity contribution >= 4 is 12.1 Å². The molecule has 2 rings (SSSR count). The Hall–Kier alpha value is -3.22. The van der Waals surface area contributed by atoms with Crippen LogP contribution >= 0.6 is 0 Å². The number of hydrazone groups is 1. The van der Waals surface area contributed by atoms with Crippen LogP contribution in [0.3, 0.4) is 0 Å². The van der Waals surface area contributed by atoms with E-state index in [4.69, 9.17) is 18.9 Å². The molecule has 0 aliphatic carbocycles. The Labute approximate surface area is 146 Å². The van der Waals surface area contributed by atoms with E-state index in [0.29, 0.717) is 28.6 Å². The van der Waals surface area contributed by atoms with Crippen molar-refractivity contribution in [1.29, 1.82) is 0 Å². The lowest BCUT2D eigenvalue weighted by molar-refractivity contribution is 0.0954. The van der Waals surface area contributed by atoms with Crippen molar-refractivity contribution in [2.24, 2.45) is 5.10 Å². The molecule has 0 aliphatic heterocycles. The van der Waals surface area contributed by atoms with Crippen molar-refractivity contribution in [3.63, 3.8) is 0 Å². The number of para-hydroxylation sites is 1. The largest absolute Gasteiger partial charge is 0.496 e. The van der Waals surface area contributed by atoms with Crippen LogP contribution < -0.4 is 24.4 Å². The van der Waals surface area contributed by atoms with Crippen LogP contribution in [0.25, 0.3) is 0 Å². The van der Waals surface area contributed by atoms with E-state index in [1.807, 2.05) is 24.3 Å². The minimum Gasteiger partial charge on any atom is -0.496 e. The lowest BCUT2D eigenvalue weighted by Crippen LogP contribution is -2.18. The highest BCUT2D eigenvalue weighted by Gasteiger charge is 2.16. The molecule has 1 amide bonds. The predicted octanol–water partition coefficient (Wildman–Crippen LogP) is 2.48. The molecular weight excluding hydrogens is 324 g/mol. The zero-order valence-corrected chi connectivity index (χ0v) is 14.5. The molecule has 2 aromatic carbocycles. The second-order valence-electron chi connectivity index (χ2n) is 4.86. The van der Waals surface area contributed by atoms with Gasteiger partial charge in [-0.2, -0.15) is 5.10 Å². The SMILES string of the molecule is COc1ccccc1/C=N/NC(=O)c1cc(OC)c(OC)c(OC)c1. The van der Waals surface area contributed by atoms with Crippen LogP contribution in [-0.4, -0.2) is 40.6 Å². The molecule has 0 heterocycles. The number of benzene rings is 2. The number of hydrogen-bond donors (Lipinski definition) is 1. The van der Waals surface area contributed by atoms with Gasteiger partial charge in [0, 0.05) is 11.1 Å². The van der Waals surface area contributed by atoms with Crippen LogP contribution in [0.2, 0.25) is 0 Å². The highest BCUT2D eigenvalue weighted by atomic mass is 16.5. The molecule has 0 fully saturated rings. The molecular formula is C18H20N2O5. The molecule has 0 spiro atoms. The highest BCUT2D eigenvalue weighted by Crippen LogP contribution is 2.38. The molecule has 0 saturated carbocycles. The van der Waals surface area contributed by atoms with E-state index in [1.54, 1.807) is 19.2 Å². The van der Waals surface area contributed by atoms with Gasteiger partial charge < -0.3 is 18.9 Å². The van der Waals surface area contributed by atoms with Gasteiger partial charge in [0.15, 0.2) is 11.5 Å². The van der Waals surface area contributed by atoms with E-state index in [0.717, 1.165) is 5.56 Å². The topological polar surface area (TPSA) is 78.4 Å². The van der Waals surface area contributed by atoms with Crippen molar-refractivity contribution < 1.29 is 23.7 Å². The van der Waals surface area contributed by atoms with Crippen LogP contribution in [0.5, 0.6) is 23.0 Å². The third-order valence-electron chi connectivity index (χ3n) is 3.44. The summed E-state index contributed by atoms with van der Waals surface area (Å²) >= 11 is 0. The normalized spacial score (nSPS) is 10.4. The van der Waals surface area contributed by atoms with Gasteiger partial charge in [0.05, 0.1) is 34.7 Å². The summed E-state index contributed by atoms with van der Waals surface area (Å²) in [4.78, 5) is 12.3. The molecule has 0 bridgehead atoms. The zero-order chi connectivity index (χ0) is 18.2. The van der Waals surface area contributed by atoms with E-state index < -0.39 is 5.91 Å². The number of nitrogens with one attached hydrogen (secondary N) is 1. The summed E-state index contributed by atoms with van der Waals surface area (Å²) in [5.74, 6) is 1.44. The van der Waals surface area contributed by atoms with Gasteiger partial charge in [-0.1, -0.05) is 12.1 Å². The quantitative estimate of drug-likeness (QED) is 0.617. The monoisotopic (exact) mass is 344 g/mol. The molecule has 0 saturated heterocycles. The third-order valence-corrected chi connectivity index (χ3v) is 3.44. The van der Waals surface area contributed by atoms with Crippen molar-refractivity contribution in [2.75, 3.05) is 28.4 Å². The Balaban J connectivity index is 2.19. The number of rotatable bonds is 7. The maximum Gasteiger partial charge on any atom is 0.271 e. The fraction of sp³-hybridized carbons (Fsp3) is 0.222. The number of methoxy groups -OCH3 is 4. The number of hydrogen-bond acceptors (Lipinski definition) is 6. The standard InChI is InChI=1S/C18H20N2O5/c1-22-14-8-6-5-7-12(14)11-19-20-18(21)13-9-15(23-2)17(25-4)16(10-13)24-3/h5-11H,1-4H3,(H,20,21)/b19-11+. The molecule has 0 unspecified atom stereocenters. The van der Waals surface area contributed by atoms with E-state index in [2.05, 4.69) is 10.5 Å². The minimum absolute atomic E-state index is 0.326. The van der Waals surface area contributed by atoms with E-state index in [9.17, 15) is 4.79 Å². The van der Waals surface area contributed by atoms with E-state index in [-0.39, 0.29) is 0 Å². The minimum atomic E-state index is -0.412. The second kappa shape index (κ2) is 8.58. The Bertz CT molecular complexity index is 749. The van der Waals surface area contributed by atoms with Crippen LogP contribution in [0.1, 0.15) is 15.9 Å². The third kappa shape index (κ3) is 4.20. The van der Waals surface area contributed by atoms with E-state index in [1.165, 1.54) is 27.5 Å². The summed E-state index contributed by atoms with van der Waals surface area (Å²) in [6.07, 6.45) is 1.51. The molecule has 2 aromatic rings. The van der Waals surface area contributed by atoms with Gasteiger partial charge in [-0.15, -0.1) is 0 Å². The van der Waals surface area contributed by atoms with Crippen molar-refractivity contribution in [1.82, 2.24) is 5.43 Å². The van der Waals surface area contributed by atoms with Gasteiger partial charge >= 0.3 is 0 Å². The molecule has 0 atom stereocenters. The number of carbonyl (C=O) groups excluding carboxylic acids is 1. The number of amides is 1. The number of ether oxygens (including phenoxy) is 4. The molecule has 7 nitrogen and oxygen atoms in total. The van der Waals surface area contributed by atoms with Crippen LogP contribution in [-0.2, 0) is 0 Å². The lowest BCUT2D eigenvalue weighted by Gasteiger charge is -2.13. The van der Waals surface area contributed by atoms with E-state index >= 15 is 0 Å². The summed E-state index contributed by atoms with van der Waals surface area (Å²) in [6, 6.07) is 10.4. The average molecular weight is 344 g/mol. The van der Waals surface area contributed by atoms with Gasteiger partial charge in [-0.3, -0.25) is 4.79 Å². The average Bonchev–Trinajstić information content (AvgIpc) is 2.66. The summed E-state index contributed by atoms with van der Waals surface area (Å²) in [6.45, 7) is 0. The van der Waals surface area contributed by atoms with Gasteiger partial charge in [0.2, 0.25) is 5.75 Å². The van der Waals surface area contributed by atoms with Gasteiger partial charge in [0.1, 0.15) is 5.75 Å². The second-order valence-corrected chi connectivity index (χ2v) is 4.86. The first-order chi connectivity index (χ1) is 12.1. The number of nitrogens with zero attached hydrogens (tertiary/aromatic N) is 1. The van der Waals surface area contributed by atoms with Crippen molar-refractivity contribution in [3.05, 3.63) is 47.5 Å². The van der Waals surface area contributed by atoms with Crippen molar-refractivity contribution in [2.45, 2.75) is 0 Å². The maximum absolute atomic E-state index is 12.3. The Morgan fingerprint density at radius 3 is 2.08 bits per heavy atom. The van der Waals surface area contributed by atoms with Gasteiger partial charge in [-0.25, -0.2) is 5.43 Å². The Kier molecular flexibility index (Phi) is 6.22.